The van der Waals surface area contributed by atoms with Crippen molar-refractivity contribution in [2.24, 2.45) is 0 Å². The molecule has 0 aromatic rings. The summed E-state index contributed by atoms with van der Waals surface area (Å²) in [5, 5.41) is 0. The van der Waals surface area contributed by atoms with Crippen molar-refractivity contribution in [1.82, 2.24) is 0 Å². The first-order chi connectivity index (χ1) is 1.73. The van der Waals surface area contributed by atoms with E-state index in [1.54, 1.807) is 0 Å². The van der Waals surface area contributed by atoms with Crippen molar-refractivity contribution in [2.75, 3.05) is 0 Å². The topological polar surface area (TPSA) is 57.5 Å². The van der Waals surface area contributed by atoms with Gasteiger partial charge in [-0.2, -0.15) is 0 Å². The molecule has 0 aliphatic carbocycles. The van der Waals surface area contributed by atoms with Crippen LogP contribution in [-0.4, -0.2) is 64.2 Å². The fraction of sp³-hybridized carbons (Fsp3) is 0. The van der Waals surface area contributed by atoms with Crippen LogP contribution in [0.2, 0.25) is 0 Å². The molecule has 0 spiro atoms. The molecule has 0 heterocycles. The average molecular weight is 320 g/mol. The summed E-state index contributed by atoms with van der Waals surface area (Å²) in [5.74, 6) is 0. The molecule has 0 saturated heterocycles. The monoisotopic (exact) mass is 321 g/mol. The van der Waals surface area contributed by atoms with Gasteiger partial charge < -0.3 is 9.59 Å². The van der Waals surface area contributed by atoms with Crippen LogP contribution in [-0.2, 0) is 4.46 Å². The first kappa shape index (κ1) is 15.9. The molecule has 2 N–H and O–H groups in total. The van der Waals surface area contributed by atoms with Crippen LogP contribution in [0.25, 0.3) is 0 Å². The molecule has 0 aromatic carbocycles. The Kier molecular flexibility index (Phi) is 28.1. The van der Waals surface area contributed by atoms with Gasteiger partial charge in [0.1, 0.15) is 0 Å². The van der Waals surface area contributed by atoms with Crippen molar-refractivity contribution in [1.29, 1.82) is 0 Å². The third-order valence-electron chi connectivity index (χ3n) is 0. The van der Waals surface area contributed by atoms with E-state index in [0.717, 1.165) is 0 Å². The maximum atomic E-state index is 8.74. The average Bonchev–Trinajstić information content (AvgIpc) is 0.811. The van der Waals surface area contributed by atoms with E-state index < -0.39 is 9.17 Å². The fourth-order valence-electron chi connectivity index (χ4n) is 0. The van der Waals surface area contributed by atoms with E-state index in [9.17, 15) is 0 Å². The zero-order chi connectivity index (χ0) is 3.58. The minimum atomic E-state index is -3.13. The SMILES string of the molecule is O=[Si](O)O.[Eu].[SrH2]. The van der Waals surface area contributed by atoms with Gasteiger partial charge >= 0.3 is 54.7 Å². The van der Waals surface area contributed by atoms with Crippen LogP contribution in [0.5, 0.6) is 0 Å². The summed E-state index contributed by atoms with van der Waals surface area (Å²) < 4.78 is 8.74. The third kappa shape index (κ3) is 30.0. The van der Waals surface area contributed by atoms with E-state index in [1.807, 2.05) is 0 Å². The van der Waals surface area contributed by atoms with Crippen LogP contribution in [0.1, 0.15) is 0 Å². The summed E-state index contributed by atoms with van der Waals surface area (Å²) in [6.07, 6.45) is 0. The van der Waals surface area contributed by atoms with Crippen molar-refractivity contribution in [3.05, 3.63) is 0 Å². The van der Waals surface area contributed by atoms with E-state index in [1.165, 1.54) is 0 Å². The summed E-state index contributed by atoms with van der Waals surface area (Å²) in [6, 6.07) is 0. The van der Waals surface area contributed by atoms with Crippen molar-refractivity contribution in [3.63, 3.8) is 0 Å². The second-order valence-corrected chi connectivity index (χ2v) is 0.848. The van der Waals surface area contributed by atoms with Gasteiger partial charge in [0.05, 0.1) is 0 Å². The second-order valence-electron chi connectivity index (χ2n) is 0.283. The molecular weight excluding hydrogens is 316 g/mol. The predicted octanol–water partition coefficient (Wildman–Crippen LogP) is -2.53. The van der Waals surface area contributed by atoms with Crippen LogP contribution in [0.4, 0.5) is 0 Å². The minimum absolute atomic E-state index is 0. The quantitative estimate of drug-likeness (QED) is 0.484. The molecule has 0 rings (SSSR count). The molecule has 0 saturated carbocycles. The predicted molar refractivity (Wildman–Crippen MR) is 19.4 cm³/mol. The molecule has 6 heteroatoms. The van der Waals surface area contributed by atoms with Crippen molar-refractivity contribution in [2.45, 2.75) is 0 Å². The number of hydrogen-bond acceptors (Lipinski definition) is 1. The second kappa shape index (κ2) is 10.6. The van der Waals surface area contributed by atoms with Crippen LogP contribution in [0.15, 0.2) is 0 Å². The standard InChI is InChI=1S/Eu.H2O3Si.Sr.2H/c;1-4(2)3;;;/h;1-2H;;;. The Bertz CT molecular complexity index is 33.8. The van der Waals surface area contributed by atoms with Gasteiger partial charge in [-0.15, -0.1) is 0 Å². The number of rotatable bonds is 0. The van der Waals surface area contributed by atoms with Crippen molar-refractivity contribution in [3.8, 4) is 0 Å². The molecule has 0 atom stereocenters. The first-order valence-electron chi connectivity index (χ1n) is 0.651. The Morgan fingerprint density at radius 2 is 1.33 bits per heavy atom. The Balaban J connectivity index is -0.0000000450. The molecule has 0 aliphatic rings. The van der Waals surface area contributed by atoms with Crippen LogP contribution in [0, 0.1) is 49.4 Å². The number of hydrogen-bond donors (Lipinski definition) is 2. The van der Waals surface area contributed by atoms with Crippen LogP contribution in [0.3, 0.4) is 0 Å². The van der Waals surface area contributed by atoms with Crippen molar-refractivity contribution >= 4 is 54.7 Å². The van der Waals surface area contributed by atoms with Crippen LogP contribution >= 0.6 is 0 Å². The normalized spacial score (nSPS) is 4.00. The Labute approximate surface area is 115 Å². The van der Waals surface area contributed by atoms with Gasteiger partial charge in [0, 0.05) is 49.4 Å². The van der Waals surface area contributed by atoms with E-state index in [0.29, 0.717) is 0 Å². The molecule has 0 bridgehead atoms. The summed E-state index contributed by atoms with van der Waals surface area (Å²) in [5.41, 5.74) is 0. The first-order valence-corrected chi connectivity index (χ1v) is 1.95. The molecule has 0 unspecified atom stereocenters. The van der Waals surface area contributed by atoms with Crippen LogP contribution < -0.4 is 0 Å². The molecular formula is H4EuO3SiSr. The summed E-state index contributed by atoms with van der Waals surface area (Å²) >= 11 is 0. The van der Waals surface area contributed by atoms with E-state index in [2.05, 4.69) is 0 Å². The fourth-order valence-corrected chi connectivity index (χ4v) is 0. The molecule has 35 valence electrons. The Hall–Kier alpha value is 2.68. The Morgan fingerprint density at radius 1 is 1.33 bits per heavy atom. The van der Waals surface area contributed by atoms with Gasteiger partial charge in [0.15, 0.2) is 0 Å². The zero-order valence-corrected chi connectivity index (χ0v) is 5.61. The molecule has 6 heavy (non-hydrogen) atoms. The Morgan fingerprint density at radius 3 is 1.33 bits per heavy atom. The molecule has 1 radical (unpaired) electrons. The van der Waals surface area contributed by atoms with Crippen molar-refractivity contribution < 1.29 is 63.4 Å². The molecule has 3 nitrogen and oxygen atoms in total. The van der Waals surface area contributed by atoms with E-state index >= 15 is 0 Å². The summed E-state index contributed by atoms with van der Waals surface area (Å²) in [7, 11) is -3.13. The molecule has 0 aromatic heterocycles. The van der Waals surface area contributed by atoms with Gasteiger partial charge in [0.25, 0.3) is 0 Å². The molecule has 0 aliphatic heterocycles. The van der Waals surface area contributed by atoms with Gasteiger partial charge in [0.2, 0.25) is 0 Å². The summed E-state index contributed by atoms with van der Waals surface area (Å²) in [4.78, 5) is 14.3. The maximum absolute atomic E-state index is 8.74. The molecule has 0 fully saturated rings. The van der Waals surface area contributed by atoms with Gasteiger partial charge in [-0.25, -0.2) is 0 Å². The summed E-state index contributed by atoms with van der Waals surface area (Å²) in [6.45, 7) is 0. The van der Waals surface area contributed by atoms with E-state index in [-0.39, 0.29) is 94.9 Å². The van der Waals surface area contributed by atoms with Gasteiger partial charge in [-0.3, -0.25) is 4.46 Å². The van der Waals surface area contributed by atoms with Gasteiger partial charge in [-0.1, -0.05) is 0 Å². The van der Waals surface area contributed by atoms with Gasteiger partial charge in [-0.05, 0) is 0 Å². The molecule has 0 amide bonds. The zero-order valence-electron chi connectivity index (χ0n) is 2.18. The third-order valence-corrected chi connectivity index (χ3v) is 0. The van der Waals surface area contributed by atoms with E-state index in [4.69, 9.17) is 14.1 Å².